The summed E-state index contributed by atoms with van der Waals surface area (Å²) in [5, 5.41) is 0. The van der Waals surface area contributed by atoms with Gasteiger partial charge in [-0.1, -0.05) is 0 Å². The molecule has 2 heterocycles. The van der Waals surface area contributed by atoms with E-state index in [1.165, 1.54) is 12.8 Å². The van der Waals surface area contributed by atoms with Crippen LogP contribution in [-0.2, 0) is 0 Å². The van der Waals surface area contributed by atoms with E-state index in [9.17, 15) is 4.79 Å². The summed E-state index contributed by atoms with van der Waals surface area (Å²) in [4.78, 5) is 18.5. The number of carbonyl (C=O) groups is 1. The molecular formula is C11H10N2O. The number of H-pyrrole nitrogens is 1. The van der Waals surface area contributed by atoms with E-state index in [2.05, 4.69) is 9.97 Å². The Morgan fingerprint density at radius 2 is 2.36 bits per heavy atom. The van der Waals surface area contributed by atoms with Gasteiger partial charge in [-0.2, -0.15) is 0 Å². The highest BCUT2D eigenvalue weighted by molar-refractivity contribution is 5.96. The summed E-state index contributed by atoms with van der Waals surface area (Å²) in [6.45, 7) is 0. The van der Waals surface area contributed by atoms with Crippen molar-refractivity contribution < 1.29 is 4.79 Å². The monoisotopic (exact) mass is 186 g/mol. The largest absolute Gasteiger partial charge is 0.356 e. The van der Waals surface area contributed by atoms with Gasteiger partial charge in [0, 0.05) is 11.9 Å². The maximum atomic E-state index is 11.0. The fourth-order valence-electron chi connectivity index (χ4n) is 1.87. The SMILES string of the molecule is O=Cc1c(C2CC2)[nH]c2cccnc12. The Kier molecular flexibility index (Phi) is 1.48. The highest BCUT2D eigenvalue weighted by Crippen LogP contribution is 2.42. The molecule has 1 fully saturated rings. The number of hydrogen-bond donors (Lipinski definition) is 1. The topological polar surface area (TPSA) is 45.8 Å². The van der Waals surface area contributed by atoms with E-state index in [-0.39, 0.29) is 0 Å². The predicted octanol–water partition coefficient (Wildman–Crippen LogP) is 2.25. The molecule has 0 bridgehead atoms. The van der Waals surface area contributed by atoms with Gasteiger partial charge in [-0.25, -0.2) is 0 Å². The van der Waals surface area contributed by atoms with Gasteiger partial charge in [0.25, 0.3) is 0 Å². The fraction of sp³-hybridized carbons (Fsp3) is 0.273. The first-order valence-corrected chi connectivity index (χ1v) is 4.82. The van der Waals surface area contributed by atoms with E-state index in [4.69, 9.17) is 0 Å². The van der Waals surface area contributed by atoms with Crippen LogP contribution in [0.3, 0.4) is 0 Å². The summed E-state index contributed by atoms with van der Waals surface area (Å²) in [5.74, 6) is 0.560. The molecule has 3 heteroatoms. The molecule has 0 amide bonds. The van der Waals surface area contributed by atoms with E-state index < -0.39 is 0 Å². The smallest absolute Gasteiger partial charge is 0.154 e. The first kappa shape index (κ1) is 7.74. The third-order valence-electron chi connectivity index (χ3n) is 2.73. The summed E-state index contributed by atoms with van der Waals surface area (Å²) in [6.07, 6.45) is 5.01. The van der Waals surface area contributed by atoms with Gasteiger partial charge in [0.05, 0.1) is 16.6 Å². The summed E-state index contributed by atoms with van der Waals surface area (Å²) in [6, 6.07) is 3.84. The van der Waals surface area contributed by atoms with Crippen LogP contribution in [-0.4, -0.2) is 16.3 Å². The molecule has 0 aromatic carbocycles. The lowest BCUT2D eigenvalue weighted by atomic mass is 10.2. The Morgan fingerprint density at radius 3 is 3.07 bits per heavy atom. The second-order valence-electron chi connectivity index (χ2n) is 3.74. The third-order valence-corrected chi connectivity index (χ3v) is 2.73. The van der Waals surface area contributed by atoms with Gasteiger partial charge in [0.2, 0.25) is 0 Å². The Labute approximate surface area is 81.2 Å². The number of pyridine rings is 1. The summed E-state index contributed by atoms with van der Waals surface area (Å²) in [5.41, 5.74) is 3.61. The van der Waals surface area contributed by atoms with Gasteiger partial charge in [0.1, 0.15) is 0 Å². The number of rotatable bonds is 2. The molecule has 0 aliphatic heterocycles. The Bertz CT molecular complexity index is 497. The van der Waals surface area contributed by atoms with E-state index >= 15 is 0 Å². The minimum Gasteiger partial charge on any atom is -0.356 e. The number of aldehydes is 1. The maximum absolute atomic E-state index is 11.0. The zero-order chi connectivity index (χ0) is 9.54. The molecule has 1 aliphatic carbocycles. The van der Waals surface area contributed by atoms with Gasteiger partial charge in [-0.05, 0) is 30.9 Å². The van der Waals surface area contributed by atoms with Crippen LogP contribution in [0.1, 0.15) is 34.8 Å². The van der Waals surface area contributed by atoms with Crippen LogP contribution in [0.15, 0.2) is 18.3 Å². The van der Waals surface area contributed by atoms with E-state index in [0.29, 0.717) is 5.92 Å². The van der Waals surface area contributed by atoms with Crippen molar-refractivity contribution in [2.75, 3.05) is 0 Å². The molecule has 0 radical (unpaired) electrons. The molecule has 2 aromatic heterocycles. The summed E-state index contributed by atoms with van der Waals surface area (Å²) in [7, 11) is 0. The average molecular weight is 186 g/mol. The van der Waals surface area contributed by atoms with E-state index in [1.807, 2.05) is 12.1 Å². The van der Waals surface area contributed by atoms with Gasteiger partial charge in [-0.15, -0.1) is 0 Å². The predicted molar refractivity (Wildman–Crippen MR) is 53.5 cm³/mol. The lowest BCUT2D eigenvalue weighted by molar-refractivity contribution is 0.112. The van der Waals surface area contributed by atoms with Crippen LogP contribution >= 0.6 is 0 Å². The summed E-state index contributed by atoms with van der Waals surface area (Å²) < 4.78 is 0. The molecule has 1 aliphatic rings. The molecule has 3 rings (SSSR count). The average Bonchev–Trinajstić information content (AvgIpc) is 2.99. The van der Waals surface area contributed by atoms with Gasteiger partial charge >= 0.3 is 0 Å². The zero-order valence-electron chi connectivity index (χ0n) is 7.66. The second kappa shape index (κ2) is 2.67. The Morgan fingerprint density at radius 1 is 1.50 bits per heavy atom. The molecule has 3 nitrogen and oxygen atoms in total. The number of nitrogens with one attached hydrogen (secondary N) is 1. The lowest BCUT2D eigenvalue weighted by Gasteiger charge is -1.91. The standard InChI is InChI=1S/C11H10N2O/c14-6-8-10(7-3-4-7)13-9-2-1-5-12-11(8)9/h1-2,5-7,13H,3-4H2. The van der Waals surface area contributed by atoms with Crippen molar-refractivity contribution in [1.29, 1.82) is 0 Å². The van der Waals surface area contributed by atoms with Crippen molar-refractivity contribution in [3.63, 3.8) is 0 Å². The van der Waals surface area contributed by atoms with Crippen molar-refractivity contribution in [2.24, 2.45) is 0 Å². The van der Waals surface area contributed by atoms with E-state index in [0.717, 1.165) is 28.6 Å². The second-order valence-corrected chi connectivity index (χ2v) is 3.74. The van der Waals surface area contributed by atoms with Crippen LogP contribution in [0.5, 0.6) is 0 Å². The lowest BCUT2D eigenvalue weighted by Crippen LogP contribution is -1.86. The minimum atomic E-state index is 0.560. The normalized spacial score (nSPS) is 16.0. The zero-order valence-corrected chi connectivity index (χ0v) is 7.66. The van der Waals surface area contributed by atoms with Crippen LogP contribution in [0.2, 0.25) is 0 Å². The fourth-order valence-corrected chi connectivity index (χ4v) is 1.87. The third kappa shape index (κ3) is 0.985. The van der Waals surface area contributed by atoms with Crippen molar-refractivity contribution in [3.8, 4) is 0 Å². The van der Waals surface area contributed by atoms with Crippen LogP contribution in [0.4, 0.5) is 0 Å². The molecule has 2 aromatic rings. The highest BCUT2D eigenvalue weighted by Gasteiger charge is 2.28. The number of aromatic amines is 1. The van der Waals surface area contributed by atoms with Crippen LogP contribution in [0.25, 0.3) is 11.0 Å². The Hall–Kier alpha value is -1.64. The van der Waals surface area contributed by atoms with Crippen LogP contribution < -0.4 is 0 Å². The number of aromatic nitrogens is 2. The molecule has 0 spiro atoms. The van der Waals surface area contributed by atoms with Gasteiger partial charge in [0.15, 0.2) is 6.29 Å². The van der Waals surface area contributed by atoms with E-state index in [1.54, 1.807) is 6.20 Å². The molecule has 1 N–H and O–H groups in total. The van der Waals surface area contributed by atoms with Crippen molar-refractivity contribution >= 4 is 17.3 Å². The maximum Gasteiger partial charge on any atom is 0.154 e. The van der Waals surface area contributed by atoms with Gasteiger partial charge < -0.3 is 4.98 Å². The van der Waals surface area contributed by atoms with Crippen molar-refractivity contribution in [3.05, 3.63) is 29.6 Å². The number of carbonyl (C=O) groups excluding carboxylic acids is 1. The molecule has 0 atom stereocenters. The van der Waals surface area contributed by atoms with Crippen LogP contribution in [0, 0.1) is 0 Å². The van der Waals surface area contributed by atoms with Crippen molar-refractivity contribution in [2.45, 2.75) is 18.8 Å². The molecule has 70 valence electrons. The first-order chi connectivity index (χ1) is 6.90. The molecular weight excluding hydrogens is 176 g/mol. The number of fused-ring (bicyclic) bond motifs is 1. The molecule has 14 heavy (non-hydrogen) atoms. The molecule has 1 saturated carbocycles. The highest BCUT2D eigenvalue weighted by atomic mass is 16.1. The first-order valence-electron chi connectivity index (χ1n) is 4.82. The number of nitrogens with zero attached hydrogens (tertiary/aromatic N) is 1. The summed E-state index contributed by atoms with van der Waals surface area (Å²) >= 11 is 0. The minimum absolute atomic E-state index is 0.560. The van der Waals surface area contributed by atoms with Gasteiger partial charge in [-0.3, -0.25) is 9.78 Å². The Balaban J connectivity index is 2.33. The molecule has 0 unspecified atom stereocenters. The molecule has 0 saturated heterocycles. The quantitative estimate of drug-likeness (QED) is 0.731. The number of hydrogen-bond acceptors (Lipinski definition) is 2. The van der Waals surface area contributed by atoms with Crippen molar-refractivity contribution in [1.82, 2.24) is 9.97 Å².